The maximum Gasteiger partial charge on any atom is 0.262 e. The molecule has 1 aliphatic rings. The lowest BCUT2D eigenvalue weighted by molar-refractivity contribution is 0.0586. The van der Waals surface area contributed by atoms with Gasteiger partial charge in [0.25, 0.3) is 11.8 Å². The molecule has 1 heterocycles. The molecule has 4 nitrogen and oxygen atoms in total. The van der Waals surface area contributed by atoms with Gasteiger partial charge in [-0.1, -0.05) is 18.2 Å². The van der Waals surface area contributed by atoms with Crippen molar-refractivity contribution < 1.29 is 18.7 Å². The number of rotatable bonds is 6. The molecule has 0 N–H and O–H groups in total. The SMILES string of the molecule is CCOC/C=C(\C)C(CF)N1C(=O)c2ccccc2C1=O. The molecule has 5 heteroatoms. The zero-order valence-electron chi connectivity index (χ0n) is 12.1. The molecule has 1 unspecified atom stereocenters. The molecule has 0 spiro atoms. The number of hydrogen-bond acceptors (Lipinski definition) is 3. The summed E-state index contributed by atoms with van der Waals surface area (Å²) in [7, 11) is 0. The van der Waals surface area contributed by atoms with Gasteiger partial charge in [-0.2, -0.15) is 0 Å². The first-order valence-electron chi connectivity index (χ1n) is 6.89. The number of ether oxygens (including phenoxy) is 1. The summed E-state index contributed by atoms with van der Waals surface area (Å²) in [5, 5.41) is 0. The van der Waals surface area contributed by atoms with Crippen molar-refractivity contribution in [1.82, 2.24) is 4.90 Å². The first kappa shape index (κ1) is 15.4. The molecule has 21 heavy (non-hydrogen) atoms. The van der Waals surface area contributed by atoms with E-state index in [1.54, 1.807) is 37.3 Å². The molecule has 0 saturated heterocycles. The lowest BCUT2D eigenvalue weighted by Crippen LogP contribution is -2.42. The second-order valence-electron chi connectivity index (χ2n) is 4.80. The van der Waals surface area contributed by atoms with Crippen molar-refractivity contribution in [2.75, 3.05) is 19.9 Å². The van der Waals surface area contributed by atoms with Gasteiger partial charge in [-0.25, -0.2) is 4.39 Å². The van der Waals surface area contributed by atoms with Crippen molar-refractivity contribution in [3.63, 3.8) is 0 Å². The Morgan fingerprint density at radius 2 is 1.86 bits per heavy atom. The van der Waals surface area contributed by atoms with Crippen LogP contribution < -0.4 is 0 Å². The highest BCUT2D eigenvalue weighted by molar-refractivity contribution is 6.21. The fourth-order valence-electron chi connectivity index (χ4n) is 2.33. The number of benzene rings is 1. The van der Waals surface area contributed by atoms with Crippen molar-refractivity contribution in [3.8, 4) is 0 Å². The fraction of sp³-hybridized carbons (Fsp3) is 0.375. The van der Waals surface area contributed by atoms with E-state index in [4.69, 9.17) is 4.74 Å². The van der Waals surface area contributed by atoms with E-state index in [1.165, 1.54) is 0 Å². The summed E-state index contributed by atoms with van der Waals surface area (Å²) in [4.78, 5) is 25.6. The van der Waals surface area contributed by atoms with E-state index in [0.29, 0.717) is 29.9 Å². The van der Waals surface area contributed by atoms with Crippen LogP contribution in [0.5, 0.6) is 0 Å². The minimum absolute atomic E-state index is 0.332. The summed E-state index contributed by atoms with van der Waals surface area (Å²) in [6, 6.07) is 5.68. The highest BCUT2D eigenvalue weighted by atomic mass is 19.1. The number of alkyl halides is 1. The highest BCUT2D eigenvalue weighted by Gasteiger charge is 2.40. The van der Waals surface area contributed by atoms with Crippen LogP contribution in [-0.4, -0.2) is 42.6 Å². The van der Waals surface area contributed by atoms with E-state index in [-0.39, 0.29) is 0 Å². The zero-order valence-corrected chi connectivity index (χ0v) is 12.1. The van der Waals surface area contributed by atoms with Crippen LogP contribution in [0.4, 0.5) is 4.39 Å². The molecule has 1 aliphatic heterocycles. The van der Waals surface area contributed by atoms with Crippen LogP contribution in [-0.2, 0) is 4.74 Å². The monoisotopic (exact) mass is 291 g/mol. The highest BCUT2D eigenvalue weighted by Crippen LogP contribution is 2.27. The molecule has 2 rings (SSSR count). The summed E-state index contributed by atoms with van der Waals surface area (Å²) in [5.74, 6) is -0.884. The van der Waals surface area contributed by atoms with Crippen LogP contribution in [0.15, 0.2) is 35.9 Å². The molecule has 2 amide bonds. The summed E-state index contributed by atoms with van der Waals surface area (Å²) in [6.45, 7) is 3.64. The summed E-state index contributed by atoms with van der Waals surface area (Å²) in [5.41, 5.74) is 1.28. The number of hydrogen-bond donors (Lipinski definition) is 0. The van der Waals surface area contributed by atoms with E-state index in [0.717, 1.165) is 4.90 Å². The minimum Gasteiger partial charge on any atom is -0.378 e. The average Bonchev–Trinajstić information content (AvgIpc) is 2.74. The van der Waals surface area contributed by atoms with Crippen molar-refractivity contribution >= 4 is 11.8 Å². The molecule has 0 saturated carbocycles. The van der Waals surface area contributed by atoms with Gasteiger partial charge in [0.05, 0.1) is 23.8 Å². The van der Waals surface area contributed by atoms with Gasteiger partial charge in [-0.3, -0.25) is 14.5 Å². The van der Waals surface area contributed by atoms with Gasteiger partial charge >= 0.3 is 0 Å². The second-order valence-corrected chi connectivity index (χ2v) is 4.80. The number of carbonyl (C=O) groups is 2. The molecule has 112 valence electrons. The largest absolute Gasteiger partial charge is 0.378 e. The predicted octanol–water partition coefficient (Wildman–Crippen LogP) is 2.60. The van der Waals surface area contributed by atoms with Crippen LogP contribution in [0, 0.1) is 0 Å². The molecule has 1 aromatic carbocycles. The standard InChI is InChI=1S/C16H18FNO3/c1-3-21-9-8-11(2)14(10-17)18-15(19)12-6-4-5-7-13(12)16(18)20/h4-8,14H,3,9-10H2,1-2H3/b11-8+. The molecule has 0 radical (unpaired) electrons. The Balaban J connectivity index is 2.26. The van der Waals surface area contributed by atoms with E-state index in [1.807, 2.05) is 6.92 Å². The van der Waals surface area contributed by atoms with E-state index in [2.05, 4.69) is 0 Å². The van der Waals surface area contributed by atoms with Crippen molar-refractivity contribution in [1.29, 1.82) is 0 Å². The third kappa shape index (κ3) is 2.88. The lowest BCUT2D eigenvalue weighted by Gasteiger charge is -2.24. The number of imide groups is 1. The average molecular weight is 291 g/mol. The van der Waals surface area contributed by atoms with Crippen molar-refractivity contribution in [2.24, 2.45) is 0 Å². The summed E-state index contributed by atoms with van der Waals surface area (Å²) < 4.78 is 18.6. The topological polar surface area (TPSA) is 46.6 Å². The summed E-state index contributed by atoms with van der Waals surface area (Å²) >= 11 is 0. The van der Waals surface area contributed by atoms with Gasteiger partial charge in [-0.15, -0.1) is 0 Å². The van der Waals surface area contributed by atoms with Crippen LogP contribution >= 0.6 is 0 Å². The molecule has 0 bridgehead atoms. The van der Waals surface area contributed by atoms with Gasteiger partial charge in [0.1, 0.15) is 6.67 Å². The van der Waals surface area contributed by atoms with Crippen LogP contribution in [0.3, 0.4) is 0 Å². The van der Waals surface area contributed by atoms with Gasteiger partial charge in [-0.05, 0) is 31.6 Å². The second kappa shape index (κ2) is 6.63. The maximum atomic E-state index is 13.4. The molecule has 0 aromatic heterocycles. The maximum absolute atomic E-state index is 13.4. The Hall–Kier alpha value is -2.01. The third-order valence-electron chi connectivity index (χ3n) is 3.54. The normalized spacial score (nSPS) is 16.3. The van der Waals surface area contributed by atoms with Gasteiger partial charge in [0.15, 0.2) is 0 Å². The number of fused-ring (bicyclic) bond motifs is 1. The van der Waals surface area contributed by atoms with Crippen LogP contribution in [0.25, 0.3) is 0 Å². The molecule has 0 aliphatic carbocycles. The number of nitrogens with zero attached hydrogens (tertiary/aromatic N) is 1. The smallest absolute Gasteiger partial charge is 0.262 e. The van der Waals surface area contributed by atoms with Gasteiger partial charge < -0.3 is 4.74 Å². The predicted molar refractivity (Wildman–Crippen MR) is 77.0 cm³/mol. The van der Waals surface area contributed by atoms with E-state index < -0.39 is 24.5 Å². The summed E-state index contributed by atoms with van der Waals surface area (Å²) in [6.07, 6.45) is 1.71. The number of carbonyl (C=O) groups excluding carboxylic acids is 2. The molecular weight excluding hydrogens is 273 g/mol. The Kier molecular flexibility index (Phi) is 4.85. The first-order valence-corrected chi connectivity index (χ1v) is 6.89. The molecule has 1 atom stereocenters. The first-order chi connectivity index (χ1) is 10.1. The minimum atomic E-state index is -0.877. The molecule has 1 aromatic rings. The number of amides is 2. The Bertz CT molecular complexity index is 548. The van der Waals surface area contributed by atoms with E-state index in [9.17, 15) is 14.0 Å². The third-order valence-corrected chi connectivity index (χ3v) is 3.54. The van der Waals surface area contributed by atoms with Crippen LogP contribution in [0.2, 0.25) is 0 Å². The van der Waals surface area contributed by atoms with Crippen molar-refractivity contribution in [3.05, 3.63) is 47.0 Å². The Morgan fingerprint density at radius 3 is 2.33 bits per heavy atom. The Labute approximate surface area is 123 Å². The number of halogens is 1. The zero-order chi connectivity index (χ0) is 15.4. The quantitative estimate of drug-likeness (QED) is 0.460. The fourth-order valence-corrected chi connectivity index (χ4v) is 2.33. The van der Waals surface area contributed by atoms with Crippen LogP contribution in [0.1, 0.15) is 34.6 Å². The van der Waals surface area contributed by atoms with Gasteiger partial charge in [0, 0.05) is 6.61 Å². The molecule has 0 fully saturated rings. The van der Waals surface area contributed by atoms with Crippen molar-refractivity contribution in [2.45, 2.75) is 19.9 Å². The Morgan fingerprint density at radius 1 is 1.29 bits per heavy atom. The van der Waals surface area contributed by atoms with Gasteiger partial charge in [0.2, 0.25) is 0 Å². The molecular formula is C16H18FNO3. The van der Waals surface area contributed by atoms with E-state index >= 15 is 0 Å². The lowest BCUT2D eigenvalue weighted by atomic mass is 10.1.